The Morgan fingerprint density at radius 1 is 0.444 bits per heavy atom. The van der Waals surface area contributed by atoms with Crippen LogP contribution in [0.5, 0.6) is 0 Å². The lowest BCUT2D eigenvalue weighted by molar-refractivity contribution is -0.0374. The summed E-state index contributed by atoms with van der Waals surface area (Å²) in [6.07, 6.45) is 25.6. The molecule has 1 aromatic heterocycles. The number of hydrogen-bond acceptors (Lipinski definition) is 13. The fourth-order valence-electron chi connectivity index (χ4n) is 14.7. The van der Waals surface area contributed by atoms with Gasteiger partial charge in [0.15, 0.2) is 0 Å². The monoisotopic (exact) mass is 1010 g/mol. The maximum Gasteiger partial charge on any atom is 0.232 e. The fraction of sp³-hybridized carbons (Fsp3) is 0.949. The van der Waals surface area contributed by atoms with Crippen LogP contribution in [0.2, 0.25) is 0 Å². The molecule has 0 aromatic carbocycles. The Balaban J connectivity index is 1.38. The second-order valence-electron chi connectivity index (χ2n) is 29.1. The average molecular weight is 1010 g/mol. The number of aromatic nitrogens is 3. The van der Waals surface area contributed by atoms with E-state index in [2.05, 4.69) is 164 Å². The maximum absolute atomic E-state index is 6.94. The lowest BCUT2D eigenvalue weighted by Gasteiger charge is -2.54. The molecule has 5 rings (SSSR count). The topological polar surface area (TPSA) is 147 Å². The second-order valence-corrected chi connectivity index (χ2v) is 29.1. The molecule has 5 heterocycles. The summed E-state index contributed by atoms with van der Waals surface area (Å²) in [6, 6.07) is 1.66. The molecule has 418 valence electrons. The minimum atomic E-state index is -0.183. The van der Waals surface area contributed by atoms with Crippen molar-refractivity contribution in [1.29, 1.82) is 0 Å². The van der Waals surface area contributed by atoms with Gasteiger partial charge in [-0.2, -0.15) is 15.0 Å². The third-order valence-electron chi connectivity index (χ3n) is 16.7. The van der Waals surface area contributed by atoms with Gasteiger partial charge in [-0.25, -0.2) is 5.01 Å². The highest BCUT2D eigenvalue weighted by Crippen LogP contribution is 2.40. The van der Waals surface area contributed by atoms with E-state index < -0.39 is 0 Å². The first-order valence-electron chi connectivity index (χ1n) is 29.8. The molecule has 0 radical (unpaired) electrons. The number of nitrogens with one attached hydrogen (secondary N) is 6. The van der Waals surface area contributed by atoms with Gasteiger partial charge >= 0.3 is 0 Å². The van der Waals surface area contributed by atoms with Crippen LogP contribution in [0, 0.1) is 0 Å². The van der Waals surface area contributed by atoms with Crippen LogP contribution in [-0.4, -0.2) is 121 Å². The first kappa shape index (κ1) is 61.0. The van der Waals surface area contributed by atoms with Crippen LogP contribution in [0.1, 0.15) is 259 Å². The predicted molar refractivity (Wildman–Crippen MR) is 309 cm³/mol. The van der Waals surface area contributed by atoms with E-state index in [4.69, 9.17) is 20.8 Å². The fourth-order valence-corrected chi connectivity index (χ4v) is 14.7. The molecule has 72 heavy (non-hydrogen) atoms. The van der Waals surface area contributed by atoms with Gasteiger partial charge in [0.1, 0.15) is 0 Å². The number of hydrazine groups is 1. The minimum absolute atomic E-state index is 0.0153. The van der Waals surface area contributed by atoms with E-state index in [1.807, 2.05) is 0 Å². The van der Waals surface area contributed by atoms with Gasteiger partial charge in [0.2, 0.25) is 17.8 Å². The molecular formula is C59H117N13. The number of rotatable bonds is 28. The molecule has 0 aliphatic carbocycles. The lowest BCUT2D eigenvalue weighted by atomic mass is 9.78. The molecule has 0 amide bonds. The summed E-state index contributed by atoms with van der Waals surface area (Å²) < 4.78 is 0. The SMILES string of the molecule is CCCCCCCCNc1nc(N(CCCCCCNC2CC(C)(C)NC(C)(C)C2)C2CC(C)(C)NC(C)(C)C2)nc(N(CCCCCCNC2CC(C)(C)NC(C)(C)C2)C2CC(C)(C)N(N)C(C)(C)C2)n1. The van der Waals surface area contributed by atoms with Crippen molar-refractivity contribution in [2.24, 2.45) is 5.84 Å². The Bertz CT molecular complexity index is 1700. The normalized spacial score (nSPS) is 24.0. The number of nitrogens with two attached hydrogens (primary N) is 1. The standard InChI is InChI=1S/C59H117N13/c1-18-19-20-21-22-29-34-63-49-64-50(70(47-41-56(10,11)69-57(12,13)42-47)35-30-25-23-27-32-61-45-37-52(2,3)67-53(4,5)38-45)66-51(65-49)71(48-43-58(14,15)72(60)59(16,17)44-48)36-31-26-24-28-33-62-46-39-54(6,7)68-55(8,9)40-46/h45-48,61-62,67-69H,18-44,60H2,1-17H3,(H,63,64,65,66). The number of piperidine rings is 4. The van der Waals surface area contributed by atoms with E-state index in [0.29, 0.717) is 18.1 Å². The van der Waals surface area contributed by atoms with Crippen LogP contribution in [0.15, 0.2) is 0 Å². The van der Waals surface area contributed by atoms with E-state index in [1.165, 1.54) is 96.3 Å². The second kappa shape index (κ2) is 25.5. The van der Waals surface area contributed by atoms with Gasteiger partial charge in [0.05, 0.1) is 0 Å². The van der Waals surface area contributed by atoms with Crippen molar-refractivity contribution in [3.63, 3.8) is 0 Å². The van der Waals surface area contributed by atoms with Crippen LogP contribution in [0.4, 0.5) is 17.8 Å². The molecule has 4 fully saturated rings. The van der Waals surface area contributed by atoms with E-state index >= 15 is 0 Å². The smallest absolute Gasteiger partial charge is 0.232 e. The third-order valence-corrected chi connectivity index (χ3v) is 16.7. The molecule has 13 heteroatoms. The summed E-state index contributed by atoms with van der Waals surface area (Å²) in [6.45, 7) is 44.8. The van der Waals surface area contributed by atoms with Crippen LogP contribution in [-0.2, 0) is 0 Å². The van der Waals surface area contributed by atoms with Gasteiger partial charge in [0, 0.05) is 88.1 Å². The quantitative estimate of drug-likeness (QED) is 0.0316. The third kappa shape index (κ3) is 19.6. The Hall–Kier alpha value is -1.87. The molecule has 4 aliphatic rings. The van der Waals surface area contributed by atoms with Gasteiger partial charge in [-0.1, -0.05) is 64.7 Å². The van der Waals surface area contributed by atoms with Crippen molar-refractivity contribution < 1.29 is 0 Å². The summed E-state index contributed by atoms with van der Waals surface area (Å²) >= 11 is 0. The maximum atomic E-state index is 6.94. The van der Waals surface area contributed by atoms with Crippen molar-refractivity contribution >= 4 is 17.8 Å². The van der Waals surface area contributed by atoms with Crippen molar-refractivity contribution in [3.05, 3.63) is 0 Å². The van der Waals surface area contributed by atoms with Gasteiger partial charge in [-0.05, 0) is 207 Å². The molecular weight excluding hydrogens is 891 g/mol. The number of nitrogens with zero attached hydrogens (tertiary/aromatic N) is 6. The summed E-state index contributed by atoms with van der Waals surface area (Å²) in [5, 5.41) is 25.5. The zero-order valence-corrected chi connectivity index (χ0v) is 50.2. The minimum Gasteiger partial charge on any atom is -0.354 e. The lowest BCUT2D eigenvalue weighted by Crippen LogP contribution is -2.67. The molecule has 0 saturated carbocycles. The molecule has 0 atom stereocenters. The van der Waals surface area contributed by atoms with Crippen molar-refractivity contribution in [1.82, 2.24) is 46.5 Å². The van der Waals surface area contributed by atoms with Crippen molar-refractivity contribution in [2.45, 2.75) is 327 Å². The number of anilines is 3. The van der Waals surface area contributed by atoms with Gasteiger partial charge in [-0.15, -0.1) is 0 Å². The Kier molecular flexibility index (Phi) is 21.6. The molecule has 0 unspecified atom stereocenters. The van der Waals surface area contributed by atoms with Crippen LogP contribution in [0.25, 0.3) is 0 Å². The molecule has 4 aliphatic heterocycles. The molecule has 0 bridgehead atoms. The van der Waals surface area contributed by atoms with Crippen molar-refractivity contribution in [3.8, 4) is 0 Å². The predicted octanol–water partition coefficient (Wildman–Crippen LogP) is 11.4. The number of hydrogen-bond donors (Lipinski definition) is 7. The highest BCUT2D eigenvalue weighted by atomic mass is 15.5. The highest BCUT2D eigenvalue weighted by Gasteiger charge is 2.47. The molecule has 0 spiro atoms. The van der Waals surface area contributed by atoms with Crippen LogP contribution in [0.3, 0.4) is 0 Å². The molecule has 4 saturated heterocycles. The summed E-state index contributed by atoms with van der Waals surface area (Å²) in [4.78, 5) is 21.8. The first-order chi connectivity index (χ1) is 33.4. The van der Waals surface area contributed by atoms with Gasteiger partial charge < -0.3 is 41.7 Å². The molecule has 13 nitrogen and oxygen atoms in total. The molecule has 1 aromatic rings. The van der Waals surface area contributed by atoms with Gasteiger partial charge in [-0.3, -0.25) is 5.84 Å². The Morgan fingerprint density at radius 2 is 0.778 bits per heavy atom. The summed E-state index contributed by atoms with van der Waals surface area (Å²) in [5.74, 6) is 9.34. The first-order valence-corrected chi connectivity index (χ1v) is 29.8. The van der Waals surface area contributed by atoms with E-state index in [1.54, 1.807) is 0 Å². The van der Waals surface area contributed by atoms with Crippen molar-refractivity contribution in [2.75, 3.05) is 47.8 Å². The number of unbranched alkanes of at least 4 members (excludes halogenated alkanes) is 11. The largest absolute Gasteiger partial charge is 0.354 e. The Labute approximate surface area is 443 Å². The van der Waals surface area contributed by atoms with E-state index in [0.717, 1.165) is 95.5 Å². The average Bonchev–Trinajstić information content (AvgIpc) is 3.20. The molecule has 8 N–H and O–H groups in total. The summed E-state index contributed by atoms with van der Waals surface area (Å²) in [7, 11) is 0. The zero-order valence-electron chi connectivity index (χ0n) is 50.2. The van der Waals surface area contributed by atoms with Gasteiger partial charge in [0.25, 0.3) is 0 Å². The van der Waals surface area contributed by atoms with Crippen LogP contribution >= 0.6 is 0 Å². The van der Waals surface area contributed by atoms with E-state index in [9.17, 15) is 0 Å². The highest BCUT2D eigenvalue weighted by molar-refractivity contribution is 5.47. The zero-order chi connectivity index (χ0) is 53.2. The Morgan fingerprint density at radius 3 is 1.18 bits per heavy atom. The summed E-state index contributed by atoms with van der Waals surface area (Å²) in [5.41, 5.74) is 0.231. The van der Waals surface area contributed by atoms with Crippen LogP contribution < -0.4 is 47.5 Å². The van der Waals surface area contributed by atoms with E-state index in [-0.39, 0.29) is 50.4 Å².